The highest BCUT2D eigenvalue weighted by Crippen LogP contribution is 2.31. The van der Waals surface area contributed by atoms with Crippen molar-refractivity contribution in [2.75, 3.05) is 46.5 Å². The van der Waals surface area contributed by atoms with E-state index in [1.165, 1.54) is 4.31 Å². The molecule has 1 fully saturated rings. The molecule has 192 valence electrons. The molecule has 1 heterocycles. The van der Waals surface area contributed by atoms with Crippen LogP contribution in [0, 0.1) is 0 Å². The summed E-state index contributed by atoms with van der Waals surface area (Å²) >= 11 is 6.29. The van der Waals surface area contributed by atoms with Crippen molar-refractivity contribution in [1.82, 2.24) is 9.21 Å². The van der Waals surface area contributed by atoms with Crippen molar-refractivity contribution in [1.29, 1.82) is 0 Å². The predicted octanol–water partition coefficient (Wildman–Crippen LogP) is 4.45. The van der Waals surface area contributed by atoms with Gasteiger partial charge in [-0.1, -0.05) is 60.1 Å². The molecule has 3 aromatic rings. The molecule has 0 unspecified atom stereocenters. The van der Waals surface area contributed by atoms with Crippen molar-refractivity contribution in [3.05, 3.63) is 88.9 Å². The molecule has 9 heteroatoms. The summed E-state index contributed by atoms with van der Waals surface area (Å²) in [5.41, 5.74) is 1.83. The molecular formula is C27H31ClN2O5S. The molecule has 1 aliphatic heterocycles. The molecule has 1 saturated heterocycles. The molecule has 0 saturated carbocycles. The lowest BCUT2D eigenvalue weighted by Crippen LogP contribution is -2.42. The molecule has 0 aliphatic carbocycles. The quantitative estimate of drug-likeness (QED) is 0.365. The second kappa shape index (κ2) is 12.6. The third kappa shape index (κ3) is 6.78. The van der Waals surface area contributed by atoms with Crippen LogP contribution in [0.4, 0.5) is 0 Å². The number of rotatable bonds is 11. The Kier molecular flexibility index (Phi) is 9.23. The fraction of sp³-hybridized carbons (Fsp3) is 0.333. The maximum Gasteiger partial charge on any atom is 0.244 e. The predicted molar refractivity (Wildman–Crippen MR) is 140 cm³/mol. The topological polar surface area (TPSA) is 68.3 Å². The third-order valence-corrected chi connectivity index (χ3v) is 8.39. The largest absolute Gasteiger partial charge is 0.493 e. The second-order valence-corrected chi connectivity index (χ2v) is 10.8. The number of hydrogen-bond acceptors (Lipinski definition) is 6. The molecule has 0 radical (unpaired) electrons. The third-order valence-electron chi connectivity index (χ3n) is 6.05. The molecule has 0 amide bonds. The van der Waals surface area contributed by atoms with Gasteiger partial charge in [0.25, 0.3) is 0 Å². The van der Waals surface area contributed by atoms with Crippen molar-refractivity contribution in [3.8, 4) is 11.5 Å². The lowest BCUT2D eigenvalue weighted by Gasteiger charge is -2.30. The van der Waals surface area contributed by atoms with Gasteiger partial charge in [-0.15, -0.1) is 0 Å². The van der Waals surface area contributed by atoms with E-state index in [2.05, 4.69) is 4.90 Å². The van der Waals surface area contributed by atoms with Crippen molar-refractivity contribution >= 4 is 21.6 Å². The van der Waals surface area contributed by atoms with E-state index in [0.717, 1.165) is 24.2 Å². The summed E-state index contributed by atoms with van der Waals surface area (Å²) in [7, 11) is -2.26. The number of nitrogens with zero attached hydrogens (tertiary/aromatic N) is 2. The SMILES string of the molecule is COc1cc(CN(CCN2CCOCC2)S(=O)(=O)c2ccccc2Cl)ccc1OCc1ccccc1. The highest BCUT2D eigenvalue weighted by Gasteiger charge is 2.28. The van der Waals surface area contributed by atoms with E-state index >= 15 is 0 Å². The van der Waals surface area contributed by atoms with Crippen LogP contribution < -0.4 is 9.47 Å². The van der Waals surface area contributed by atoms with Gasteiger partial charge in [0.15, 0.2) is 11.5 Å². The fourth-order valence-corrected chi connectivity index (χ4v) is 5.94. The van der Waals surface area contributed by atoms with Gasteiger partial charge in [0.2, 0.25) is 10.0 Å². The zero-order chi connectivity index (χ0) is 25.4. The zero-order valence-electron chi connectivity index (χ0n) is 20.3. The Labute approximate surface area is 218 Å². The number of morpholine rings is 1. The number of halogens is 1. The summed E-state index contributed by atoms with van der Waals surface area (Å²) in [5, 5.41) is 0.205. The lowest BCUT2D eigenvalue weighted by molar-refractivity contribution is 0.0361. The summed E-state index contributed by atoms with van der Waals surface area (Å²) in [6.45, 7) is 4.36. The van der Waals surface area contributed by atoms with E-state index in [1.54, 1.807) is 31.4 Å². The van der Waals surface area contributed by atoms with Crippen LogP contribution in [0.25, 0.3) is 0 Å². The van der Waals surface area contributed by atoms with E-state index in [9.17, 15) is 8.42 Å². The lowest BCUT2D eigenvalue weighted by atomic mass is 10.2. The van der Waals surface area contributed by atoms with Crippen LogP contribution in [0.3, 0.4) is 0 Å². The molecule has 3 aromatic carbocycles. The Bertz CT molecular complexity index is 1230. The minimum absolute atomic E-state index is 0.100. The molecule has 36 heavy (non-hydrogen) atoms. The Morgan fingerprint density at radius 1 is 0.944 bits per heavy atom. The smallest absolute Gasteiger partial charge is 0.244 e. The highest BCUT2D eigenvalue weighted by atomic mass is 35.5. The number of methoxy groups -OCH3 is 1. The van der Waals surface area contributed by atoms with E-state index < -0.39 is 10.0 Å². The fourth-order valence-electron chi connectivity index (χ4n) is 4.02. The molecule has 0 N–H and O–H groups in total. The number of benzene rings is 3. The minimum atomic E-state index is -3.84. The zero-order valence-corrected chi connectivity index (χ0v) is 21.9. The van der Waals surface area contributed by atoms with Gasteiger partial charge in [-0.2, -0.15) is 4.31 Å². The first-order valence-electron chi connectivity index (χ1n) is 11.9. The highest BCUT2D eigenvalue weighted by molar-refractivity contribution is 7.89. The van der Waals surface area contributed by atoms with Crippen molar-refractivity contribution in [3.63, 3.8) is 0 Å². The molecule has 7 nitrogen and oxygen atoms in total. The van der Waals surface area contributed by atoms with Crippen LogP contribution in [0.5, 0.6) is 11.5 Å². The van der Waals surface area contributed by atoms with Crippen LogP contribution in [0.15, 0.2) is 77.7 Å². The summed E-state index contributed by atoms with van der Waals surface area (Å²) in [6.07, 6.45) is 0. The van der Waals surface area contributed by atoms with Gasteiger partial charge >= 0.3 is 0 Å². The molecule has 4 rings (SSSR count). The van der Waals surface area contributed by atoms with Gasteiger partial charge < -0.3 is 14.2 Å². The molecule has 0 aromatic heterocycles. The first-order chi connectivity index (χ1) is 17.5. The molecule has 1 aliphatic rings. The van der Waals surface area contributed by atoms with Crippen LogP contribution in [0.2, 0.25) is 5.02 Å². The Balaban J connectivity index is 1.54. The van der Waals surface area contributed by atoms with Crippen molar-refractivity contribution in [2.24, 2.45) is 0 Å². The Morgan fingerprint density at radius 2 is 1.67 bits per heavy atom. The monoisotopic (exact) mass is 530 g/mol. The maximum absolute atomic E-state index is 13.7. The van der Waals surface area contributed by atoms with Crippen molar-refractivity contribution in [2.45, 2.75) is 18.0 Å². The summed E-state index contributed by atoms with van der Waals surface area (Å²) in [5.74, 6) is 1.14. The van der Waals surface area contributed by atoms with Gasteiger partial charge in [-0.05, 0) is 35.4 Å². The molecular weight excluding hydrogens is 500 g/mol. The van der Waals surface area contributed by atoms with Crippen LogP contribution in [-0.4, -0.2) is 64.1 Å². The van der Waals surface area contributed by atoms with Gasteiger partial charge in [-0.3, -0.25) is 4.90 Å². The molecule has 0 bridgehead atoms. The maximum atomic E-state index is 13.7. The van der Waals surface area contributed by atoms with Gasteiger partial charge in [0.1, 0.15) is 11.5 Å². The standard InChI is InChI=1S/C27H31ClN2O5S/c1-33-26-19-23(11-12-25(26)35-21-22-7-3-2-4-8-22)20-30(14-13-29-15-17-34-18-16-29)36(31,32)27-10-6-5-9-24(27)28/h2-12,19H,13-18,20-21H2,1H3. The number of hydrogen-bond donors (Lipinski definition) is 0. The van der Waals surface area contributed by atoms with Crippen LogP contribution in [-0.2, 0) is 27.9 Å². The average Bonchev–Trinajstić information content (AvgIpc) is 2.91. The van der Waals surface area contributed by atoms with Crippen LogP contribution in [0.1, 0.15) is 11.1 Å². The first kappa shape index (κ1) is 26.4. The van der Waals surface area contributed by atoms with Gasteiger partial charge in [0, 0.05) is 32.7 Å². The summed E-state index contributed by atoms with van der Waals surface area (Å²) < 4.78 is 45.7. The van der Waals surface area contributed by atoms with Gasteiger partial charge in [-0.25, -0.2) is 8.42 Å². The second-order valence-electron chi connectivity index (χ2n) is 8.48. The number of sulfonamides is 1. The van der Waals surface area contributed by atoms with Gasteiger partial charge in [0.05, 0.1) is 25.3 Å². The average molecular weight is 531 g/mol. The summed E-state index contributed by atoms with van der Waals surface area (Å²) in [6, 6.07) is 21.9. The Hall–Kier alpha value is -2.62. The number of ether oxygens (including phenoxy) is 3. The Morgan fingerprint density at radius 3 is 2.39 bits per heavy atom. The molecule has 0 atom stereocenters. The van der Waals surface area contributed by atoms with Crippen molar-refractivity contribution < 1.29 is 22.6 Å². The first-order valence-corrected chi connectivity index (χ1v) is 13.7. The van der Waals surface area contributed by atoms with E-state index in [0.29, 0.717) is 44.4 Å². The normalized spacial score (nSPS) is 14.6. The van der Waals surface area contributed by atoms with E-state index in [4.69, 9.17) is 25.8 Å². The minimum Gasteiger partial charge on any atom is -0.493 e. The summed E-state index contributed by atoms with van der Waals surface area (Å²) in [4.78, 5) is 2.31. The van der Waals surface area contributed by atoms with E-state index in [-0.39, 0.29) is 16.5 Å². The molecule has 0 spiro atoms. The van der Waals surface area contributed by atoms with E-state index in [1.807, 2.05) is 48.5 Å². The van der Waals surface area contributed by atoms with Crippen LogP contribution >= 0.6 is 11.6 Å².